The zero-order chi connectivity index (χ0) is 23.4. The minimum absolute atomic E-state index is 0.272. The normalized spacial score (nSPS) is 23.2. The van der Waals surface area contributed by atoms with Crippen LogP contribution in [-0.2, 0) is 21.2 Å². The van der Waals surface area contributed by atoms with E-state index in [1.54, 1.807) is 18.5 Å². The fraction of sp³-hybridized carbons (Fsp3) is 0.583. The summed E-state index contributed by atoms with van der Waals surface area (Å²) in [6.07, 6.45) is 9.10. The van der Waals surface area contributed by atoms with Gasteiger partial charge in [-0.1, -0.05) is 6.07 Å². The Balaban J connectivity index is 1.22. The van der Waals surface area contributed by atoms with Crippen molar-refractivity contribution in [2.45, 2.75) is 44.1 Å². The summed E-state index contributed by atoms with van der Waals surface area (Å²) in [6, 6.07) is 4.19. The van der Waals surface area contributed by atoms with E-state index >= 15 is 0 Å². The lowest BCUT2D eigenvalue weighted by molar-refractivity contribution is 0.104. The van der Waals surface area contributed by atoms with Crippen LogP contribution in [0, 0.1) is 23.6 Å². The lowest BCUT2D eigenvalue weighted by Crippen LogP contribution is -2.26. The van der Waals surface area contributed by atoms with Gasteiger partial charge in [0.15, 0.2) is 15.6 Å². The number of hydrogen-bond donors (Lipinski definition) is 0. The van der Waals surface area contributed by atoms with Crippen LogP contribution in [-0.4, -0.2) is 50.9 Å². The quantitative estimate of drug-likeness (QED) is 0.542. The third-order valence-electron chi connectivity index (χ3n) is 6.56. The Kier molecular flexibility index (Phi) is 7.48. The SMILES string of the molecule is CCOc1cnc(N2CCCC(C3CC3COCc3ccc(S(C)(=O)=O)c(F)c3)CC2)nc1. The van der Waals surface area contributed by atoms with Gasteiger partial charge in [0.1, 0.15) is 10.7 Å². The molecule has 0 N–H and O–H groups in total. The molecule has 1 saturated carbocycles. The number of ether oxygens (including phenoxy) is 2. The standard InChI is InChI=1S/C24H32FN3O4S/c1-3-32-20-13-26-24(27-14-20)28-9-4-5-18(8-10-28)21-12-19(21)16-31-15-17-6-7-23(22(25)11-17)33(2,29)30/h6-7,11,13-14,18-19,21H,3-5,8-10,12,15-16H2,1-2H3. The van der Waals surface area contributed by atoms with E-state index in [9.17, 15) is 12.8 Å². The number of sulfone groups is 1. The van der Waals surface area contributed by atoms with E-state index in [1.807, 2.05) is 6.92 Å². The summed E-state index contributed by atoms with van der Waals surface area (Å²) < 4.78 is 48.4. The second-order valence-corrected chi connectivity index (χ2v) is 11.0. The molecule has 2 fully saturated rings. The van der Waals surface area contributed by atoms with Gasteiger partial charge in [0.05, 0.1) is 32.2 Å². The molecule has 1 saturated heterocycles. The van der Waals surface area contributed by atoms with Gasteiger partial charge in [0.2, 0.25) is 5.95 Å². The maximum atomic E-state index is 14.0. The molecule has 0 spiro atoms. The zero-order valence-electron chi connectivity index (χ0n) is 19.2. The Morgan fingerprint density at radius 3 is 2.67 bits per heavy atom. The molecule has 0 amide bonds. The van der Waals surface area contributed by atoms with Crippen molar-refractivity contribution in [2.75, 3.05) is 37.5 Å². The molecule has 2 aliphatic rings. The van der Waals surface area contributed by atoms with Crippen LogP contribution in [0.15, 0.2) is 35.5 Å². The van der Waals surface area contributed by atoms with Crippen molar-refractivity contribution in [3.8, 4) is 5.75 Å². The van der Waals surface area contributed by atoms with Crippen LogP contribution in [0.5, 0.6) is 5.75 Å². The fourth-order valence-electron chi connectivity index (χ4n) is 4.77. The van der Waals surface area contributed by atoms with Crippen molar-refractivity contribution < 1.29 is 22.3 Å². The molecular weight excluding hydrogens is 445 g/mol. The van der Waals surface area contributed by atoms with Crippen molar-refractivity contribution in [1.82, 2.24) is 9.97 Å². The van der Waals surface area contributed by atoms with Gasteiger partial charge >= 0.3 is 0 Å². The molecule has 3 unspecified atom stereocenters. The number of benzene rings is 1. The van der Waals surface area contributed by atoms with E-state index in [0.717, 1.165) is 38.1 Å². The largest absolute Gasteiger partial charge is 0.491 e. The van der Waals surface area contributed by atoms with Crippen molar-refractivity contribution in [3.05, 3.63) is 42.0 Å². The first-order valence-corrected chi connectivity index (χ1v) is 13.5. The predicted molar refractivity (Wildman–Crippen MR) is 124 cm³/mol. The van der Waals surface area contributed by atoms with Gasteiger partial charge in [-0.25, -0.2) is 22.8 Å². The lowest BCUT2D eigenvalue weighted by Gasteiger charge is -2.20. The van der Waals surface area contributed by atoms with Crippen LogP contribution in [0.1, 0.15) is 38.2 Å². The highest BCUT2D eigenvalue weighted by Crippen LogP contribution is 2.48. The summed E-state index contributed by atoms with van der Waals surface area (Å²) in [6.45, 7) is 5.41. The van der Waals surface area contributed by atoms with E-state index in [-0.39, 0.29) is 11.5 Å². The Labute approximate surface area is 195 Å². The molecule has 2 aromatic rings. The molecule has 180 valence electrons. The average molecular weight is 478 g/mol. The molecular formula is C24H32FN3O4S. The number of nitrogens with zero attached hydrogens (tertiary/aromatic N) is 3. The number of anilines is 1. The Hall–Kier alpha value is -2.26. The van der Waals surface area contributed by atoms with Crippen LogP contribution in [0.2, 0.25) is 0 Å². The Bertz CT molecular complexity index is 1050. The van der Waals surface area contributed by atoms with Gasteiger partial charge in [-0.05, 0) is 68.1 Å². The predicted octanol–water partition coefficient (Wildman–Crippen LogP) is 3.88. The van der Waals surface area contributed by atoms with Crippen LogP contribution >= 0.6 is 0 Å². The summed E-state index contributed by atoms with van der Waals surface area (Å²) in [7, 11) is -3.56. The second kappa shape index (κ2) is 10.3. The first-order chi connectivity index (χ1) is 15.8. The highest BCUT2D eigenvalue weighted by atomic mass is 32.2. The van der Waals surface area contributed by atoms with Crippen molar-refractivity contribution in [3.63, 3.8) is 0 Å². The molecule has 2 heterocycles. The third kappa shape index (κ3) is 6.20. The Morgan fingerprint density at radius 1 is 1.18 bits per heavy atom. The molecule has 9 heteroatoms. The van der Waals surface area contributed by atoms with Crippen LogP contribution in [0.4, 0.5) is 10.3 Å². The molecule has 4 rings (SSSR count). The van der Waals surface area contributed by atoms with Gasteiger partial charge in [0.25, 0.3) is 0 Å². The van der Waals surface area contributed by atoms with Gasteiger partial charge in [-0.3, -0.25) is 0 Å². The van der Waals surface area contributed by atoms with Gasteiger partial charge < -0.3 is 14.4 Å². The van der Waals surface area contributed by atoms with Crippen LogP contribution in [0.3, 0.4) is 0 Å². The summed E-state index contributed by atoms with van der Waals surface area (Å²) in [5.74, 6) is 2.65. The minimum Gasteiger partial charge on any atom is -0.491 e. The molecule has 1 aromatic heterocycles. The van der Waals surface area contributed by atoms with Crippen molar-refractivity contribution >= 4 is 15.8 Å². The van der Waals surface area contributed by atoms with Crippen LogP contribution in [0.25, 0.3) is 0 Å². The van der Waals surface area contributed by atoms with E-state index in [2.05, 4.69) is 14.9 Å². The molecule has 0 radical (unpaired) electrons. The maximum Gasteiger partial charge on any atom is 0.225 e. The number of hydrogen-bond acceptors (Lipinski definition) is 7. The smallest absolute Gasteiger partial charge is 0.225 e. The molecule has 1 aliphatic carbocycles. The highest BCUT2D eigenvalue weighted by molar-refractivity contribution is 7.90. The van der Waals surface area contributed by atoms with E-state index in [1.165, 1.54) is 25.0 Å². The highest BCUT2D eigenvalue weighted by Gasteiger charge is 2.43. The van der Waals surface area contributed by atoms with E-state index < -0.39 is 15.7 Å². The van der Waals surface area contributed by atoms with Crippen LogP contribution < -0.4 is 9.64 Å². The zero-order valence-corrected chi connectivity index (χ0v) is 20.1. The van der Waals surface area contributed by atoms with Gasteiger partial charge in [-0.15, -0.1) is 0 Å². The minimum atomic E-state index is -3.56. The first-order valence-electron chi connectivity index (χ1n) is 11.6. The Morgan fingerprint density at radius 2 is 1.97 bits per heavy atom. The number of rotatable bonds is 9. The summed E-state index contributed by atoms with van der Waals surface area (Å²) >= 11 is 0. The molecule has 0 bridgehead atoms. The molecule has 1 aliphatic heterocycles. The molecule has 7 nitrogen and oxygen atoms in total. The average Bonchev–Trinajstić information content (AvgIpc) is 3.56. The number of aromatic nitrogens is 2. The van der Waals surface area contributed by atoms with Crippen molar-refractivity contribution in [1.29, 1.82) is 0 Å². The molecule has 3 atom stereocenters. The summed E-state index contributed by atoms with van der Waals surface area (Å²) in [4.78, 5) is 10.9. The van der Waals surface area contributed by atoms with Gasteiger partial charge in [0, 0.05) is 19.3 Å². The third-order valence-corrected chi connectivity index (χ3v) is 7.69. The first kappa shape index (κ1) is 23.9. The number of halogens is 1. The van der Waals surface area contributed by atoms with E-state index in [4.69, 9.17) is 9.47 Å². The van der Waals surface area contributed by atoms with Gasteiger partial charge in [-0.2, -0.15) is 0 Å². The lowest BCUT2D eigenvalue weighted by atomic mass is 9.94. The maximum absolute atomic E-state index is 14.0. The summed E-state index contributed by atoms with van der Waals surface area (Å²) in [5.41, 5.74) is 0.651. The molecule has 1 aromatic carbocycles. The second-order valence-electron chi connectivity index (χ2n) is 9.04. The topological polar surface area (TPSA) is 81.6 Å². The monoisotopic (exact) mass is 477 g/mol. The van der Waals surface area contributed by atoms with E-state index in [0.29, 0.717) is 42.3 Å². The molecule has 33 heavy (non-hydrogen) atoms. The van der Waals surface area contributed by atoms with Crippen molar-refractivity contribution in [2.24, 2.45) is 17.8 Å². The summed E-state index contributed by atoms with van der Waals surface area (Å²) in [5, 5.41) is 0. The fourth-order valence-corrected chi connectivity index (χ4v) is 5.50.